The first-order valence-electron chi connectivity index (χ1n) is 9.38. The van der Waals surface area contributed by atoms with E-state index < -0.39 is 5.97 Å². The maximum Gasteiger partial charge on any atom is 0.341 e. The van der Waals surface area contributed by atoms with Crippen LogP contribution in [0.1, 0.15) is 17.3 Å². The number of rotatable bonds is 7. The maximum atomic E-state index is 12.6. The molecule has 4 rings (SSSR count). The molecule has 4 aromatic rings. The average molecular weight is 473 g/mol. The summed E-state index contributed by atoms with van der Waals surface area (Å²) < 4.78 is 10.8. The lowest BCUT2D eigenvalue weighted by atomic mass is 10.0. The molecule has 0 atom stereocenters. The van der Waals surface area contributed by atoms with Crippen molar-refractivity contribution < 1.29 is 18.7 Å². The first-order chi connectivity index (χ1) is 15.0. The number of hydrogen-bond acceptors (Lipinski definition) is 7. The number of thiophene rings is 1. The van der Waals surface area contributed by atoms with Crippen LogP contribution in [0.2, 0.25) is 5.02 Å². The molecule has 2 aromatic carbocycles. The third-order valence-electron chi connectivity index (χ3n) is 4.27. The summed E-state index contributed by atoms with van der Waals surface area (Å²) in [5.74, 6) is -0.680. The van der Waals surface area contributed by atoms with Crippen molar-refractivity contribution in [3.8, 4) is 11.1 Å². The minimum absolute atomic E-state index is 0.0708. The molecule has 2 heterocycles. The SMILES string of the molecule is CCOC(=O)c1c(-c2ccccc2)csc1NC(=O)CSc1nc2cc(Cl)ccc2o1. The first-order valence-corrected chi connectivity index (χ1v) is 11.6. The highest BCUT2D eigenvalue weighted by atomic mass is 35.5. The third-order valence-corrected chi connectivity index (χ3v) is 6.22. The van der Waals surface area contributed by atoms with Gasteiger partial charge in [0.2, 0.25) is 5.91 Å². The molecule has 0 aliphatic rings. The van der Waals surface area contributed by atoms with E-state index in [9.17, 15) is 9.59 Å². The lowest BCUT2D eigenvalue weighted by Gasteiger charge is -2.08. The monoisotopic (exact) mass is 472 g/mol. The fourth-order valence-corrected chi connectivity index (χ4v) is 4.70. The fourth-order valence-electron chi connectivity index (χ4n) is 2.92. The number of oxazole rings is 1. The highest BCUT2D eigenvalue weighted by molar-refractivity contribution is 7.99. The lowest BCUT2D eigenvalue weighted by molar-refractivity contribution is -0.113. The second-order valence-electron chi connectivity index (χ2n) is 6.37. The predicted molar refractivity (Wildman–Crippen MR) is 124 cm³/mol. The Bertz CT molecular complexity index is 1240. The number of benzene rings is 2. The summed E-state index contributed by atoms with van der Waals surface area (Å²) in [6.45, 7) is 1.99. The molecular formula is C22H17ClN2O4S2. The van der Waals surface area contributed by atoms with Gasteiger partial charge < -0.3 is 14.5 Å². The van der Waals surface area contributed by atoms with Crippen LogP contribution in [0.3, 0.4) is 0 Å². The molecule has 0 unspecified atom stereocenters. The number of hydrogen-bond donors (Lipinski definition) is 1. The van der Waals surface area contributed by atoms with Crippen LogP contribution in [0.15, 0.2) is 63.6 Å². The summed E-state index contributed by atoms with van der Waals surface area (Å²) in [7, 11) is 0. The number of fused-ring (bicyclic) bond motifs is 1. The van der Waals surface area contributed by atoms with Crippen LogP contribution < -0.4 is 5.32 Å². The molecule has 1 N–H and O–H groups in total. The van der Waals surface area contributed by atoms with Crippen molar-refractivity contribution in [2.24, 2.45) is 0 Å². The number of amides is 1. The van der Waals surface area contributed by atoms with Gasteiger partial charge in [0.15, 0.2) is 5.58 Å². The van der Waals surface area contributed by atoms with E-state index in [0.29, 0.717) is 31.9 Å². The Hall–Kier alpha value is -2.81. The molecule has 0 bridgehead atoms. The second kappa shape index (κ2) is 9.55. The van der Waals surface area contributed by atoms with E-state index in [-0.39, 0.29) is 18.3 Å². The Labute approximate surface area is 191 Å². The van der Waals surface area contributed by atoms with Crippen molar-refractivity contribution in [1.82, 2.24) is 4.98 Å². The fraction of sp³-hybridized carbons (Fsp3) is 0.136. The number of carbonyl (C=O) groups is 2. The molecule has 0 fully saturated rings. The van der Waals surface area contributed by atoms with Crippen LogP contribution in [-0.2, 0) is 9.53 Å². The van der Waals surface area contributed by atoms with Gasteiger partial charge in [0.1, 0.15) is 16.1 Å². The number of thioether (sulfide) groups is 1. The van der Waals surface area contributed by atoms with Crippen molar-refractivity contribution >= 4 is 62.7 Å². The van der Waals surface area contributed by atoms with Gasteiger partial charge in [-0.2, -0.15) is 0 Å². The van der Waals surface area contributed by atoms with Crippen molar-refractivity contribution in [1.29, 1.82) is 0 Å². The van der Waals surface area contributed by atoms with Crippen LogP contribution in [0.25, 0.3) is 22.2 Å². The van der Waals surface area contributed by atoms with E-state index in [2.05, 4.69) is 10.3 Å². The number of ether oxygens (including phenoxy) is 1. The van der Waals surface area contributed by atoms with Crippen molar-refractivity contribution in [2.75, 3.05) is 17.7 Å². The van der Waals surface area contributed by atoms with Crippen LogP contribution in [-0.4, -0.2) is 29.2 Å². The Morgan fingerprint density at radius 2 is 2.03 bits per heavy atom. The minimum atomic E-state index is -0.471. The van der Waals surface area contributed by atoms with Crippen LogP contribution >= 0.6 is 34.7 Å². The molecule has 0 aliphatic heterocycles. The van der Waals surface area contributed by atoms with E-state index in [4.69, 9.17) is 20.8 Å². The molecule has 6 nitrogen and oxygen atoms in total. The largest absolute Gasteiger partial charge is 0.462 e. The van der Waals surface area contributed by atoms with Crippen molar-refractivity contribution in [2.45, 2.75) is 12.1 Å². The van der Waals surface area contributed by atoms with Gasteiger partial charge in [0.05, 0.1) is 12.4 Å². The molecule has 0 spiro atoms. The van der Waals surface area contributed by atoms with Crippen LogP contribution in [0.5, 0.6) is 0 Å². The number of halogens is 1. The van der Waals surface area contributed by atoms with E-state index in [1.807, 2.05) is 35.7 Å². The average Bonchev–Trinajstić information content (AvgIpc) is 3.36. The molecular weight excluding hydrogens is 456 g/mol. The quantitative estimate of drug-likeness (QED) is 0.258. The minimum Gasteiger partial charge on any atom is -0.462 e. The van der Waals surface area contributed by atoms with E-state index in [0.717, 1.165) is 22.9 Å². The molecule has 2 aromatic heterocycles. The highest BCUT2D eigenvalue weighted by Gasteiger charge is 2.23. The zero-order valence-corrected chi connectivity index (χ0v) is 18.8. The van der Waals surface area contributed by atoms with Gasteiger partial charge in [-0.1, -0.05) is 53.7 Å². The Morgan fingerprint density at radius 3 is 2.81 bits per heavy atom. The zero-order valence-electron chi connectivity index (χ0n) is 16.4. The third kappa shape index (κ3) is 4.92. The second-order valence-corrected chi connectivity index (χ2v) is 8.61. The zero-order chi connectivity index (χ0) is 21.8. The standard InChI is InChI=1S/C22H17ClN2O4S2/c1-2-28-21(27)19-15(13-6-4-3-5-7-13)11-30-20(19)25-18(26)12-31-22-24-16-10-14(23)8-9-17(16)29-22/h3-11H,2,12H2,1H3,(H,25,26). The van der Waals surface area contributed by atoms with Gasteiger partial charge >= 0.3 is 5.97 Å². The lowest BCUT2D eigenvalue weighted by Crippen LogP contribution is -2.16. The Balaban J connectivity index is 1.50. The first kappa shape index (κ1) is 21.4. The van der Waals surface area contributed by atoms with E-state index >= 15 is 0 Å². The van der Waals surface area contributed by atoms with Crippen molar-refractivity contribution in [3.63, 3.8) is 0 Å². The summed E-state index contributed by atoms with van der Waals surface area (Å²) in [4.78, 5) is 29.5. The highest BCUT2D eigenvalue weighted by Crippen LogP contribution is 2.36. The normalized spacial score (nSPS) is 10.9. The molecule has 0 saturated heterocycles. The van der Waals surface area contributed by atoms with Gasteiger partial charge in [0.25, 0.3) is 5.22 Å². The van der Waals surface area contributed by atoms with Gasteiger partial charge in [-0.15, -0.1) is 11.3 Å². The van der Waals surface area contributed by atoms with Crippen LogP contribution in [0, 0.1) is 0 Å². The van der Waals surface area contributed by atoms with Gasteiger partial charge in [-0.25, -0.2) is 9.78 Å². The van der Waals surface area contributed by atoms with Crippen molar-refractivity contribution in [3.05, 3.63) is 64.5 Å². The molecule has 158 valence electrons. The Kier molecular flexibility index (Phi) is 6.60. The topological polar surface area (TPSA) is 81.4 Å². The maximum absolute atomic E-state index is 12.6. The van der Waals surface area contributed by atoms with Gasteiger partial charge in [0, 0.05) is 16.0 Å². The summed E-state index contributed by atoms with van der Waals surface area (Å²) in [5.41, 5.74) is 3.19. The molecule has 0 radical (unpaired) electrons. The Morgan fingerprint density at radius 1 is 1.23 bits per heavy atom. The number of nitrogens with one attached hydrogen (secondary N) is 1. The molecule has 9 heteroatoms. The molecule has 0 aliphatic carbocycles. The van der Waals surface area contributed by atoms with Gasteiger partial charge in [-0.3, -0.25) is 4.79 Å². The van der Waals surface area contributed by atoms with Gasteiger partial charge in [-0.05, 0) is 30.7 Å². The van der Waals surface area contributed by atoms with E-state index in [1.54, 1.807) is 25.1 Å². The summed E-state index contributed by atoms with van der Waals surface area (Å²) >= 11 is 8.41. The predicted octanol–water partition coefficient (Wildman–Crippen LogP) is 6.12. The number of esters is 1. The number of aromatic nitrogens is 1. The number of anilines is 1. The molecule has 0 saturated carbocycles. The van der Waals surface area contributed by atoms with E-state index in [1.165, 1.54) is 11.3 Å². The summed E-state index contributed by atoms with van der Waals surface area (Å²) in [5, 5.41) is 6.05. The smallest absolute Gasteiger partial charge is 0.341 e. The summed E-state index contributed by atoms with van der Waals surface area (Å²) in [6.07, 6.45) is 0. The van der Waals surface area contributed by atoms with Crippen LogP contribution in [0.4, 0.5) is 5.00 Å². The summed E-state index contributed by atoms with van der Waals surface area (Å²) in [6, 6.07) is 14.7. The molecule has 31 heavy (non-hydrogen) atoms. The number of nitrogens with zero attached hydrogens (tertiary/aromatic N) is 1. The number of carbonyl (C=O) groups excluding carboxylic acids is 2. The molecule has 1 amide bonds.